The average Bonchev–Trinajstić information content (AvgIpc) is 2.81. The van der Waals surface area contributed by atoms with Crippen LogP contribution in [-0.2, 0) is 26.2 Å². The standard InChI is InChI=1S/C25H32Cl2FN3O4S/c1-5-17(2)29-25(33)18(3)30(16-21-22(26)8-6-9-23(21)27)24(32)10-7-15-31(36(4,34)35)20-13-11-19(28)12-14-20/h6,8-9,11-14,17-18H,5,7,10,15-16H2,1-4H3,(H,29,33)/t17-,18-/m1/s1. The van der Waals surface area contributed by atoms with Gasteiger partial charge in [0.15, 0.2) is 0 Å². The molecule has 0 aliphatic carbocycles. The van der Waals surface area contributed by atoms with Crippen molar-refractivity contribution in [3.63, 3.8) is 0 Å². The zero-order valence-corrected chi connectivity index (χ0v) is 23.1. The maximum Gasteiger partial charge on any atom is 0.242 e. The zero-order valence-electron chi connectivity index (χ0n) is 20.8. The van der Waals surface area contributed by atoms with Gasteiger partial charge in [-0.3, -0.25) is 13.9 Å². The summed E-state index contributed by atoms with van der Waals surface area (Å²) < 4.78 is 39.1. The number of nitrogens with zero attached hydrogens (tertiary/aromatic N) is 2. The minimum absolute atomic E-state index is 0.00431. The fourth-order valence-corrected chi connectivity index (χ4v) is 5.00. The summed E-state index contributed by atoms with van der Waals surface area (Å²) in [5.41, 5.74) is 0.814. The van der Waals surface area contributed by atoms with Gasteiger partial charge in [-0.05, 0) is 63.1 Å². The second-order valence-electron chi connectivity index (χ2n) is 8.63. The van der Waals surface area contributed by atoms with Crippen molar-refractivity contribution < 1.29 is 22.4 Å². The number of amides is 2. The average molecular weight is 561 g/mol. The van der Waals surface area contributed by atoms with E-state index >= 15 is 0 Å². The van der Waals surface area contributed by atoms with Crippen LogP contribution in [0.5, 0.6) is 0 Å². The fourth-order valence-electron chi connectivity index (χ4n) is 3.51. The third kappa shape index (κ3) is 8.35. The number of anilines is 1. The first-order chi connectivity index (χ1) is 16.8. The van der Waals surface area contributed by atoms with Crippen LogP contribution < -0.4 is 9.62 Å². The van der Waals surface area contributed by atoms with Crippen molar-refractivity contribution >= 4 is 50.7 Å². The summed E-state index contributed by atoms with van der Waals surface area (Å²) in [6.07, 6.45) is 1.92. The first kappa shape index (κ1) is 29.9. The molecule has 0 saturated heterocycles. The van der Waals surface area contributed by atoms with E-state index in [1.54, 1.807) is 25.1 Å². The molecule has 0 aliphatic rings. The Balaban J connectivity index is 2.22. The van der Waals surface area contributed by atoms with Gasteiger partial charge in [-0.25, -0.2) is 12.8 Å². The Morgan fingerprint density at radius 1 is 1.06 bits per heavy atom. The largest absolute Gasteiger partial charge is 0.352 e. The smallest absolute Gasteiger partial charge is 0.242 e. The molecular formula is C25H32Cl2FN3O4S. The van der Waals surface area contributed by atoms with Gasteiger partial charge in [0.1, 0.15) is 11.9 Å². The first-order valence-corrected chi connectivity index (χ1v) is 14.2. The number of hydrogen-bond acceptors (Lipinski definition) is 4. The Morgan fingerprint density at radius 2 is 1.64 bits per heavy atom. The first-order valence-electron chi connectivity index (χ1n) is 11.6. The van der Waals surface area contributed by atoms with Gasteiger partial charge >= 0.3 is 0 Å². The fraction of sp³-hybridized carbons (Fsp3) is 0.440. The number of rotatable bonds is 12. The number of carbonyl (C=O) groups excluding carboxylic acids is 2. The molecular weight excluding hydrogens is 528 g/mol. The molecule has 0 bridgehead atoms. The summed E-state index contributed by atoms with van der Waals surface area (Å²) in [6.45, 7) is 5.46. The molecule has 2 amide bonds. The lowest BCUT2D eigenvalue weighted by Gasteiger charge is -2.30. The van der Waals surface area contributed by atoms with Crippen LogP contribution in [0.2, 0.25) is 10.0 Å². The molecule has 2 aromatic carbocycles. The number of benzene rings is 2. The van der Waals surface area contributed by atoms with Gasteiger partial charge in [0.25, 0.3) is 0 Å². The molecule has 2 rings (SSSR count). The number of sulfonamides is 1. The highest BCUT2D eigenvalue weighted by Crippen LogP contribution is 2.27. The normalized spacial score (nSPS) is 13.1. The van der Waals surface area contributed by atoms with Crippen molar-refractivity contribution in [1.29, 1.82) is 0 Å². The quantitative estimate of drug-likeness (QED) is 0.396. The summed E-state index contributed by atoms with van der Waals surface area (Å²) in [6, 6.07) is 9.19. The molecule has 0 heterocycles. The molecule has 0 radical (unpaired) electrons. The van der Waals surface area contributed by atoms with Crippen LogP contribution in [0, 0.1) is 5.82 Å². The van der Waals surface area contributed by atoms with Gasteiger partial charge in [-0.2, -0.15) is 0 Å². The van der Waals surface area contributed by atoms with Crippen molar-refractivity contribution in [2.45, 2.75) is 58.7 Å². The minimum atomic E-state index is -3.67. The molecule has 11 heteroatoms. The number of nitrogens with one attached hydrogen (secondary N) is 1. The maximum absolute atomic E-state index is 13.3. The Kier molecular flexibility index (Phi) is 11.0. The van der Waals surface area contributed by atoms with E-state index in [4.69, 9.17) is 23.2 Å². The van der Waals surface area contributed by atoms with Crippen LogP contribution in [0.15, 0.2) is 42.5 Å². The van der Waals surface area contributed by atoms with Gasteiger partial charge in [0.2, 0.25) is 21.8 Å². The minimum Gasteiger partial charge on any atom is -0.352 e. The highest BCUT2D eigenvalue weighted by Gasteiger charge is 2.28. The molecule has 0 unspecified atom stereocenters. The molecule has 36 heavy (non-hydrogen) atoms. The van der Waals surface area contributed by atoms with Gasteiger partial charge in [0, 0.05) is 41.2 Å². The highest BCUT2D eigenvalue weighted by atomic mass is 35.5. The number of carbonyl (C=O) groups is 2. The molecule has 0 fully saturated rings. The maximum atomic E-state index is 13.3. The molecule has 0 aromatic heterocycles. The summed E-state index contributed by atoms with van der Waals surface area (Å²) in [4.78, 5) is 27.6. The third-order valence-electron chi connectivity index (χ3n) is 5.83. The van der Waals surface area contributed by atoms with E-state index < -0.39 is 21.9 Å². The van der Waals surface area contributed by atoms with Crippen molar-refractivity contribution in [1.82, 2.24) is 10.2 Å². The van der Waals surface area contributed by atoms with Crippen molar-refractivity contribution in [3.8, 4) is 0 Å². The predicted molar refractivity (Wildman–Crippen MR) is 142 cm³/mol. The van der Waals surface area contributed by atoms with Crippen LogP contribution in [0.4, 0.5) is 10.1 Å². The van der Waals surface area contributed by atoms with Crippen molar-refractivity contribution in [3.05, 3.63) is 63.9 Å². The zero-order chi connectivity index (χ0) is 27.0. The second-order valence-corrected chi connectivity index (χ2v) is 11.4. The topological polar surface area (TPSA) is 86.8 Å². The van der Waals surface area contributed by atoms with Crippen LogP contribution in [0.25, 0.3) is 0 Å². The monoisotopic (exact) mass is 559 g/mol. The molecule has 0 saturated carbocycles. The molecule has 2 atom stereocenters. The van der Waals surface area contributed by atoms with Crippen LogP contribution in [0.1, 0.15) is 45.6 Å². The summed E-state index contributed by atoms with van der Waals surface area (Å²) in [7, 11) is -3.67. The lowest BCUT2D eigenvalue weighted by atomic mass is 10.1. The predicted octanol–water partition coefficient (Wildman–Crippen LogP) is 5.01. The van der Waals surface area contributed by atoms with E-state index in [1.807, 2.05) is 13.8 Å². The van der Waals surface area contributed by atoms with Crippen LogP contribution in [0.3, 0.4) is 0 Å². The molecule has 0 spiro atoms. The number of halogens is 3. The summed E-state index contributed by atoms with van der Waals surface area (Å²) in [5.74, 6) is -1.16. The SMILES string of the molecule is CC[C@@H](C)NC(=O)[C@@H](C)N(Cc1c(Cl)cccc1Cl)C(=O)CCCN(c1ccc(F)cc1)S(C)(=O)=O. The molecule has 0 aliphatic heterocycles. The van der Waals surface area contributed by atoms with E-state index in [-0.39, 0.29) is 43.8 Å². The third-order valence-corrected chi connectivity index (χ3v) is 7.73. The van der Waals surface area contributed by atoms with E-state index in [9.17, 15) is 22.4 Å². The molecule has 7 nitrogen and oxygen atoms in total. The Bertz CT molecular complexity index is 1140. The lowest BCUT2D eigenvalue weighted by molar-refractivity contribution is -0.140. The number of hydrogen-bond donors (Lipinski definition) is 1. The Morgan fingerprint density at radius 3 is 2.17 bits per heavy atom. The lowest BCUT2D eigenvalue weighted by Crippen LogP contribution is -2.49. The second kappa shape index (κ2) is 13.3. The summed E-state index contributed by atoms with van der Waals surface area (Å²) in [5, 5.41) is 3.62. The van der Waals surface area contributed by atoms with Crippen molar-refractivity contribution in [2.24, 2.45) is 0 Å². The van der Waals surface area contributed by atoms with E-state index in [2.05, 4.69) is 5.32 Å². The Labute approximate surface area is 222 Å². The van der Waals surface area contributed by atoms with E-state index in [0.717, 1.165) is 17.0 Å². The Hall–Kier alpha value is -2.36. The van der Waals surface area contributed by atoms with Crippen LogP contribution >= 0.6 is 23.2 Å². The van der Waals surface area contributed by atoms with Crippen molar-refractivity contribution in [2.75, 3.05) is 17.1 Å². The summed E-state index contributed by atoms with van der Waals surface area (Å²) >= 11 is 12.6. The van der Waals surface area contributed by atoms with Gasteiger partial charge in [-0.15, -0.1) is 0 Å². The van der Waals surface area contributed by atoms with Gasteiger partial charge < -0.3 is 10.2 Å². The highest BCUT2D eigenvalue weighted by molar-refractivity contribution is 7.92. The van der Waals surface area contributed by atoms with Crippen LogP contribution in [-0.4, -0.2) is 50.0 Å². The molecule has 1 N–H and O–H groups in total. The van der Waals surface area contributed by atoms with Gasteiger partial charge in [0.05, 0.1) is 11.9 Å². The molecule has 198 valence electrons. The van der Waals surface area contributed by atoms with E-state index in [1.165, 1.54) is 29.2 Å². The van der Waals surface area contributed by atoms with E-state index in [0.29, 0.717) is 21.3 Å². The van der Waals surface area contributed by atoms with Gasteiger partial charge in [-0.1, -0.05) is 36.2 Å². The molecule has 2 aromatic rings.